The van der Waals surface area contributed by atoms with Crippen LogP contribution in [0, 0.1) is 0 Å². The fourth-order valence-electron chi connectivity index (χ4n) is 3.92. The number of ether oxygens (including phenoxy) is 3. The third-order valence-electron chi connectivity index (χ3n) is 5.67. The van der Waals surface area contributed by atoms with Crippen molar-refractivity contribution < 1.29 is 33.4 Å². The molecule has 1 atom stereocenters. The fraction of sp³-hybridized carbons (Fsp3) is 0.583. The minimum atomic E-state index is -0.983. The van der Waals surface area contributed by atoms with Gasteiger partial charge in [-0.25, -0.2) is 0 Å². The molecule has 10 nitrogen and oxygen atoms in total. The number of nitrogens with one attached hydrogen (secondary N) is 2. The molecule has 2 N–H and O–H groups in total. The number of anilines is 1. The number of fused-ring (bicyclic) bond motifs is 1. The Bertz CT molecular complexity index is 889. The lowest BCUT2D eigenvalue weighted by Crippen LogP contribution is -2.54. The van der Waals surface area contributed by atoms with Gasteiger partial charge in [-0.2, -0.15) is 0 Å². The molecule has 10 heteroatoms. The Labute approximate surface area is 199 Å². The summed E-state index contributed by atoms with van der Waals surface area (Å²) >= 11 is 0. The van der Waals surface area contributed by atoms with Gasteiger partial charge in [-0.3, -0.25) is 29.4 Å². The highest BCUT2D eigenvalue weighted by atomic mass is 16.5. The van der Waals surface area contributed by atoms with E-state index in [0.29, 0.717) is 45.3 Å². The van der Waals surface area contributed by atoms with Crippen LogP contribution in [0.15, 0.2) is 18.2 Å². The minimum Gasteiger partial charge on any atom is -0.382 e. The summed E-state index contributed by atoms with van der Waals surface area (Å²) in [4.78, 5) is 50.4. The first-order valence-corrected chi connectivity index (χ1v) is 11.9. The number of carbonyl (C=O) groups is 4. The van der Waals surface area contributed by atoms with Crippen molar-refractivity contribution in [2.24, 2.45) is 0 Å². The van der Waals surface area contributed by atoms with Crippen molar-refractivity contribution in [3.05, 3.63) is 29.3 Å². The highest BCUT2D eigenvalue weighted by molar-refractivity contribution is 6.25. The molecular weight excluding hydrogens is 442 g/mol. The first-order chi connectivity index (χ1) is 16.5. The van der Waals surface area contributed by atoms with Crippen LogP contribution in [0.2, 0.25) is 0 Å². The van der Waals surface area contributed by atoms with Crippen LogP contribution < -0.4 is 10.6 Å². The number of benzene rings is 1. The first-order valence-electron chi connectivity index (χ1n) is 11.9. The van der Waals surface area contributed by atoms with Gasteiger partial charge in [0.05, 0.1) is 44.2 Å². The van der Waals surface area contributed by atoms with Crippen LogP contribution in [0.4, 0.5) is 5.69 Å². The van der Waals surface area contributed by atoms with Gasteiger partial charge < -0.3 is 19.5 Å². The maximum absolute atomic E-state index is 13.0. The molecule has 4 amide bonds. The molecule has 0 radical (unpaired) electrons. The topological polar surface area (TPSA) is 123 Å². The Morgan fingerprint density at radius 1 is 0.941 bits per heavy atom. The summed E-state index contributed by atoms with van der Waals surface area (Å²) in [5, 5.41) is 5.33. The molecule has 2 aliphatic heterocycles. The monoisotopic (exact) mass is 475 g/mol. The predicted molar refractivity (Wildman–Crippen MR) is 124 cm³/mol. The summed E-state index contributed by atoms with van der Waals surface area (Å²) in [5.74, 6) is -2.09. The average Bonchev–Trinajstić information content (AvgIpc) is 3.08. The Balaban J connectivity index is 1.39. The smallest absolute Gasteiger partial charge is 0.264 e. The second kappa shape index (κ2) is 13.2. The van der Waals surface area contributed by atoms with Crippen molar-refractivity contribution in [1.82, 2.24) is 10.2 Å². The normalized spacial score (nSPS) is 17.8. The molecule has 0 aromatic heterocycles. The number of rotatable bonds is 15. The van der Waals surface area contributed by atoms with Crippen LogP contribution in [-0.2, 0) is 23.8 Å². The summed E-state index contributed by atoms with van der Waals surface area (Å²) in [5.41, 5.74) is 0.983. The molecule has 0 saturated carbocycles. The van der Waals surface area contributed by atoms with Crippen molar-refractivity contribution in [1.29, 1.82) is 0 Å². The second-order valence-corrected chi connectivity index (χ2v) is 8.15. The Morgan fingerprint density at radius 3 is 2.35 bits per heavy atom. The quantitative estimate of drug-likeness (QED) is 0.290. The van der Waals surface area contributed by atoms with E-state index in [2.05, 4.69) is 17.6 Å². The number of hydrogen-bond acceptors (Lipinski definition) is 8. The van der Waals surface area contributed by atoms with Crippen molar-refractivity contribution in [3.8, 4) is 0 Å². The van der Waals surface area contributed by atoms with E-state index in [9.17, 15) is 19.2 Å². The van der Waals surface area contributed by atoms with Gasteiger partial charge in [0, 0.05) is 25.3 Å². The van der Waals surface area contributed by atoms with Crippen molar-refractivity contribution in [2.45, 2.75) is 45.1 Å². The molecule has 1 saturated heterocycles. The van der Waals surface area contributed by atoms with E-state index < -0.39 is 29.7 Å². The Morgan fingerprint density at radius 2 is 1.65 bits per heavy atom. The van der Waals surface area contributed by atoms with Crippen molar-refractivity contribution in [3.63, 3.8) is 0 Å². The van der Waals surface area contributed by atoms with Gasteiger partial charge in [0.15, 0.2) is 0 Å². The van der Waals surface area contributed by atoms with Gasteiger partial charge in [0.2, 0.25) is 11.8 Å². The Hall–Kier alpha value is -2.82. The molecule has 2 heterocycles. The van der Waals surface area contributed by atoms with Crippen molar-refractivity contribution >= 4 is 29.3 Å². The van der Waals surface area contributed by atoms with Crippen LogP contribution in [0.1, 0.15) is 59.7 Å². The van der Waals surface area contributed by atoms with E-state index >= 15 is 0 Å². The zero-order valence-electron chi connectivity index (χ0n) is 19.6. The van der Waals surface area contributed by atoms with Gasteiger partial charge in [-0.15, -0.1) is 0 Å². The van der Waals surface area contributed by atoms with E-state index in [0.717, 1.165) is 17.9 Å². The molecule has 186 valence electrons. The van der Waals surface area contributed by atoms with Gasteiger partial charge in [0.1, 0.15) is 6.04 Å². The largest absolute Gasteiger partial charge is 0.382 e. The number of carbonyl (C=O) groups excluding carboxylic acids is 4. The van der Waals surface area contributed by atoms with Crippen LogP contribution in [0.5, 0.6) is 0 Å². The molecule has 0 bridgehead atoms. The summed E-state index contributed by atoms with van der Waals surface area (Å²) in [6.07, 6.45) is 3.64. The van der Waals surface area contributed by atoms with Crippen LogP contribution in [0.25, 0.3) is 0 Å². The average molecular weight is 476 g/mol. The lowest BCUT2D eigenvalue weighted by Gasteiger charge is -2.27. The molecule has 3 rings (SSSR count). The second-order valence-electron chi connectivity index (χ2n) is 8.15. The molecule has 34 heavy (non-hydrogen) atoms. The number of amides is 4. The molecule has 0 spiro atoms. The highest BCUT2D eigenvalue weighted by Crippen LogP contribution is 2.32. The Kier molecular flexibility index (Phi) is 9.99. The maximum atomic E-state index is 13.0. The van der Waals surface area contributed by atoms with E-state index in [1.807, 2.05) is 0 Å². The van der Waals surface area contributed by atoms with Crippen LogP contribution >= 0.6 is 0 Å². The minimum absolute atomic E-state index is 0.0853. The number of unbranched alkanes of at least 4 members (excludes halogenated alkanes) is 2. The number of imide groups is 2. The maximum Gasteiger partial charge on any atom is 0.264 e. The molecular formula is C24H33N3O7. The zero-order valence-corrected chi connectivity index (χ0v) is 19.6. The lowest BCUT2D eigenvalue weighted by molar-refractivity contribution is -0.136. The SMILES string of the molecule is CCCCCOCCOCCOCCNc1cccc2c1C(=O)N(C1CCC(=O)NC1=O)C2=O. The number of hydrogen-bond donors (Lipinski definition) is 2. The molecule has 1 aromatic rings. The lowest BCUT2D eigenvalue weighted by atomic mass is 10.0. The summed E-state index contributed by atoms with van der Waals surface area (Å²) in [7, 11) is 0. The van der Waals surface area contributed by atoms with Gasteiger partial charge in [-0.1, -0.05) is 25.8 Å². The zero-order chi connectivity index (χ0) is 24.3. The molecule has 2 aliphatic rings. The number of nitrogens with zero attached hydrogens (tertiary/aromatic N) is 1. The van der Waals surface area contributed by atoms with E-state index in [1.165, 1.54) is 12.8 Å². The third-order valence-corrected chi connectivity index (χ3v) is 5.67. The third kappa shape index (κ3) is 6.62. The summed E-state index contributed by atoms with van der Waals surface area (Å²) in [6.45, 7) is 5.75. The van der Waals surface area contributed by atoms with E-state index in [1.54, 1.807) is 18.2 Å². The van der Waals surface area contributed by atoms with Crippen LogP contribution in [0.3, 0.4) is 0 Å². The van der Waals surface area contributed by atoms with Crippen LogP contribution in [-0.4, -0.2) is 80.8 Å². The molecule has 1 fully saturated rings. The highest BCUT2D eigenvalue weighted by Gasteiger charge is 2.45. The van der Waals surface area contributed by atoms with E-state index in [-0.39, 0.29) is 24.0 Å². The van der Waals surface area contributed by atoms with E-state index in [4.69, 9.17) is 14.2 Å². The first kappa shape index (κ1) is 25.8. The summed E-state index contributed by atoms with van der Waals surface area (Å²) < 4.78 is 16.5. The molecule has 0 aliphatic carbocycles. The predicted octanol–water partition coefficient (Wildman–Crippen LogP) is 1.74. The number of piperidine rings is 1. The standard InChI is InChI=1S/C24H33N3O7/c1-2-3-4-11-32-13-15-34-16-14-33-12-10-25-18-7-5-6-17-21(18)24(31)27(23(17)30)19-8-9-20(28)26-22(19)29/h5-7,19,25H,2-4,8-16H2,1H3,(H,26,28,29). The molecule has 1 unspecified atom stereocenters. The molecule has 1 aromatic carbocycles. The van der Waals surface area contributed by atoms with Gasteiger partial charge >= 0.3 is 0 Å². The fourth-order valence-corrected chi connectivity index (χ4v) is 3.92. The van der Waals surface area contributed by atoms with Crippen molar-refractivity contribution in [2.75, 3.05) is 51.5 Å². The van der Waals surface area contributed by atoms with Gasteiger partial charge in [-0.05, 0) is 25.0 Å². The van der Waals surface area contributed by atoms with Gasteiger partial charge in [0.25, 0.3) is 11.8 Å². The summed E-state index contributed by atoms with van der Waals surface area (Å²) in [6, 6.07) is 3.97.